The van der Waals surface area contributed by atoms with Gasteiger partial charge in [0.15, 0.2) is 16.8 Å². The van der Waals surface area contributed by atoms with E-state index in [9.17, 15) is 22.3 Å². The number of halogens is 2. The van der Waals surface area contributed by atoms with E-state index < -0.39 is 40.6 Å². The first-order valence-electron chi connectivity index (χ1n) is 9.47. The lowest BCUT2D eigenvalue weighted by Crippen LogP contribution is -2.45. The van der Waals surface area contributed by atoms with E-state index in [-0.39, 0.29) is 28.1 Å². The van der Waals surface area contributed by atoms with Crippen LogP contribution in [-0.4, -0.2) is 64.7 Å². The Morgan fingerprint density at radius 2 is 1.97 bits per heavy atom. The van der Waals surface area contributed by atoms with Gasteiger partial charge >= 0.3 is 10.2 Å². The smallest absolute Gasteiger partial charge is 0.302 e. The topological polar surface area (TPSA) is 128 Å². The third-order valence-corrected chi connectivity index (χ3v) is 7.03. The molecule has 0 aliphatic carbocycles. The largest absolute Gasteiger partial charge is 0.394 e. The molecule has 0 saturated carbocycles. The van der Waals surface area contributed by atoms with Gasteiger partial charge in [-0.25, -0.2) is 18.7 Å². The maximum atomic E-state index is 13.9. The molecule has 2 atom stereocenters. The Hall–Kier alpha value is -2.06. The predicted molar refractivity (Wildman–Crippen MR) is 113 cm³/mol. The van der Waals surface area contributed by atoms with Gasteiger partial charge in [-0.2, -0.15) is 12.7 Å². The highest BCUT2D eigenvalue weighted by molar-refractivity contribution is 7.98. The molecular formula is C18H23F2N5O4S2. The Kier molecular flexibility index (Phi) is 7.64. The van der Waals surface area contributed by atoms with Gasteiger partial charge in [0.2, 0.25) is 0 Å². The molecule has 1 saturated heterocycles. The van der Waals surface area contributed by atoms with Crippen LogP contribution in [0.1, 0.15) is 18.9 Å². The average molecular weight is 476 g/mol. The van der Waals surface area contributed by atoms with Crippen LogP contribution in [0, 0.1) is 11.6 Å². The van der Waals surface area contributed by atoms with Crippen LogP contribution in [0.25, 0.3) is 0 Å². The van der Waals surface area contributed by atoms with E-state index in [1.54, 1.807) is 6.92 Å². The van der Waals surface area contributed by atoms with Crippen LogP contribution in [0.2, 0.25) is 0 Å². The number of thioether (sulfide) groups is 1. The van der Waals surface area contributed by atoms with Crippen LogP contribution in [-0.2, 0) is 16.0 Å². The van der Waals surface area contributed by atoms with Crippen molar-refractivity contribution in [1.29, 1.82) is 0 Å². The summed E-state index contributed by atoms with van der Waals surface area (Å²) < 4.78 is 55.8. The van der Waals surface area contributed by atoms with E-state index in [2.05, 4.69) is 20.0 Å². The number of hydrogen-bond acceptors (Lipinski definition) is 8. The number of aliphatic hydroxyl groups is 2. The molecule has 0 amide bonds. The van der Waals surface area contributed by atoms with Gasteiger partial charge in [-0.05, 0) is 19.4 Å². The zero-order valence-electron chi connectivity index (χ0n) is 16.6. The molecule has 0 unspecified atom stereocenters. The van der Waals surface area contributed by atoms with Gasteiger partial charge in [0.05, 0.1) is 18.8 Å². The van der Waals surface area contributed by atoms with Crippen LogP contribution < -0.4 is 10.0 Å². The molecule has 0 bridgehead atoms. The fourth-order valence-corrected chi connectivity index (χ4v) is 4.70. The molecule has 0 spiro atoms. The van der Waals surface area contributed by atoms with E-state index in [1.807, 2.05) is 0 Å². The van der Waals surface area contributed by atoms with Gasteiger partial charge in [-0.1, -0.05) is 23.9 Å². The van der Waals surface area contributed by atoms with E-state index in [0.29, 0.717) is 13.1 Å². The Morgan fingerprint density at radius 3 is 2.61 bits per heavy atom. The minimum Gasteiger partial charge on any atom is -0.394 e. The van der Waals surface area contributed by atoms with Crippen molar-refractivity contribution in [3.8, 4) is 0 Å². The minimum absolute atomic E-state index is 0.0141. The molecule has 1 aromatic carbocycles. The second-order valence-corrected chi connectivity index (χ2v) is 9.58. The molecule has 1 fully saturated rings. The molecular weight excluding hydrogens is 452 g/mol. The van der Waals surface area contributed by atoms with Gasteiger partial charge in [0.1, 0.15) is 11.6 Å². The zero-order chi connectivity index (χ0) is 22.6. The Balaban J connectivity index is 1.83. The summed E-state index contributed by atoms with van der Waals surface area (Å²) in [5.41, 5.74) is 0.110. The number of anilines is 2. The number of rotatable bonds is 10. The van der Waals surface area contributed by atoms with Crippen LogP contribution in [0.15, 0.2) is 29.4 Å². The van der Waals surface area contributed by atoms with Crippen molar-refractivity contribution in [3.63, 3.8) is 0 Å². The Labute approximate surface area is 183 Å². The highest BCUT2D eigenvalue weighted by Gasteiger charge is 2.28. The van der Waals surface area contributed by atoms with Gasteiger partial charge in [0.25, 0.3) is 0 Å². The van der Waals surface area contributed by atoms with E-state index in [1.165, 1.54) is 22.5 Å². The number of nitrogens with one attached hydrogen (secondary N) is 2. The molecule has 1 aliphatic rings. The number of aliphatic hydroxyl groups excluding tert-OH is 2. The fraction of sp³-hybridized carbons (Fsp3) is 0.444. The minimum atomic E-state index is -3.78. The third-order valence-electron chi connectivity index (χ3n) is 4.62. The summed E-state index contributed by atoms with van der Waals surface area (Å²) in [7, 11) is -3.78. The Bertz CT molecular complexity index is 1020. The summed E-state index contributed by atoms with van der Waals surface area (Å²) in [5, 5.41) is 21.9. The quantitative estimate of drug-likeness (QED) is 0.301. The highest BCUT2D eigenvalue weighted by atomic mass is 32.2. The molecule has 1 aromatic heterocycles. The van der Waals surface area contributed by atoms with Crippen LogP contribution in [0.3, 0.4) is 0 Å². The zero-order valence-corrected chi connectivity index (χ0v) is 18.3. The van der Waals surface area contributed by atoms with Crippen molar-refractivity contribution in [2.75, 3.05) is 29.7 Å². The fourth-order valence-electron chi connectivity index (χ4n) is 2.63. The summed E-state index contributed by atoms with van der Waals surface area (Å²) in [4.78, 5) is 8.42. The maximum Gasteiger partial charge on any atom is 0.302 e. The highest BCUT2D eigenvalue weighted by Crippen LogP contribution is 2.26. The second-order valence-electron chi connectivity index (χ2n) is 6.97. The number of aromatic nitrogens is 2. The van der Waals surface area contributed by atoms with Crippen molar-refractivity contribution >= 4 is 33.6 Å². The van der Waals surface area contributed by atoms with Crippen molar-refractivity contribution in [3.05, 3.63) is 41.5 Å². The summed E-state index contributed by atoms with van der Waals surface area (Å²) in [6.45, 7) is 1.95. The van der Waals surface area contributed by atoms with Crippen molar-refractivity contribution in [2.45, 2.75) is 36.4 Å². The average Bonchev–Trinajstić information content (AvgIpc) is 2.66. The van der Waals surface area contributed by atoms with Crippen LogP contribution in [0.4, 0.5) is 20.4 Å². The molecule has 2 heterocycles. The van der Waals surface area contributed by atoms with Gasteiger partial charge in [-0.15, -0.1) is 0 Å². The molecule has 9 nitrogen and oxygen atoms in total. The molecule has 31 heavy (non-hydrogen) atoms. The standard InChI is InChI=1S/C18H23F2N5O4S2/c1-11(14(27)9-26)21-15-8-16(24-31(28,29)25-6-3-7-25)23-18(22-15)30-10-12-4-2-5-13(19)17(12)20/h2,4-5,8,11,14,26-27H,3,6-7,9-10H2,1H3,(H2,21,22,23,24)/t11-,14+/m1/s1. The second kappa shape index (κ2) is 10.0. The first-order chi connectivity index (χ1) is 14.7. The van der Waals surface area contributed by atoms with E-state index in [4.69, 9.17) is 5.11 Å². The predicted octanol–water partition coefficient (Wildman–Crippen LogP) is 1.56. The SMILES string of the molecule is C[C@@H](Nc1cc(NS(=O)(=O)N2CCC2)nc(SCc2cccc(F)c2F)n1)[C@@H](O)CO. The number of benzene rings is 1. The van der Waals surface area contributed by atoms with Gasteiger partial charge < -0.3 is 15.5 Å². The van der Waals surface area contributed by atoms with Crippen molar-refractivity contribution in [2.24, 2.45) is 0 Å². The van der Waals surface area contributed by atoms with Crippen LogP contribution in [0.5, 0.6) is 0 Å². The van der Waals surface area contributed by atoms with Gasteiger partial charge in [0, 0.05) is 30.5 Å². The Morgan fingerprint density at radius 1 is 1.26 bits per heavy atom. The normalized spacial score (nSPS) is 16.4. The van der Waals surface area contributed by atoms with Crippen molar-refractivity contribution < 1.29 is 27.4 Å². The van der Waals surface area contributed by atoms with E-state index in [0.717, 1.165) is 24.2 Å². The summed E-state index contributed by atoms with van der Waals surface area (Å²) >= 11 is 0.991. The number of hydrogen-bond donors (Lipinski definition) is 4. The maximum absolute atomic E-state index is 13.9. The first kappa shape index (κ1) is 23.6. The third kappa shape index (κ3) is 6.01. The van der Waals surface area contributed by atoms with Crippen LogP contribution >= 0.6 is 11.8 Å². The lowest BCUT2D eigenvalue weighted by atomic mass is 10.2. The summed E-state index contributed by atoms with van der Waals surface area (Å²) in [5.74, 6) is -1.75. The van der Waals surface area contributed by atoms with Gasteiger partial charge in [-0.3, -0.25) is 4.72 Å². The number of nitrogens with zero attached hydrogens (tertiary/aromatic N) is 3. The summed E-state index contributed by atoms with van der Waals surface area (Å²) in [6.07, 6.45) is -0.303. The van der Waals surface area contributed by atoms with Crippen molar-refractivity contribution in [1.82, 2.24) is 14.3 Å². The lowest BCUT2D eigenvalue weighted by Gasteiger charge is -2.29. The molecule has 13 heteroatoms. The first-order valence-corrected chi connectivity index (χ1v) is 11.9. The monoisotopic (exact) mass is 475 g/mol. The molecule has 3 rings (SSSR count). The molecule has 1 aliphatic heterocycles. The summed E-state index contributed by atoms with van der Waals surface area (Å²) in [6, 6.07) is 4.59. The molecule has 0 radical (unpaired) electrons. The molecule has 2 aromatic rings. The van der Waals surface area contributed by atoms with E-state index >= 15 is 0 Å². The lowest BCUT2D eigenvalue weighted by molar-refractivity contribution is 0.0837. The molecule has 170 valence electrons. The molecule has 4 N–H and O–H groups in total.